The minimum atomic E-state index is 0.590. The highest BCUT2D eigenvalue weighted by Crippen LogP contribution is 2.22. The van der Waals surface area contributed by atoms with Crippen molar-refractivity contribution in [3.05, 3.63) is 23.8 Å². The van der Waals surface area contributed by atoms with E-state index in [-0.39, 0.29) is 0 Å². The molecule has 18 heavy (non-hydrogen) atoms. The van der Waals surface area contributed by atoms with Gasteiger partial charge in [0.2, 0.25) is 0 Å². The molecule has 1 aliphatic heterocycles. The molecule has 0 saturated carbocycles. The van der Waals surface area contributed by atoms with E-state index >= 15 is 0 Å². The van der Waals surface area contributed by atoms with E-state index in [1.165, 1.54) is 18.5 Å². The zero-order valence-corrected chi connectivity index (χ0v) is 11.4. The zero-order chi connectivity index (χ0) is 13.0. The maximum Gasteiger partial charge on any atom is 0.122 e. The lowest BCUT2D eigenvalue weighted by atomic mass is 10.1. The van der Waals surface area contributed by atoms with Crippen LogP contribution >= 0.6 is 0 Å². The first-order valence-corrected chi connectivity index (χ1v) is 6.35. The van der Waals surface area contributed by atoms with E-state index < -0.39 is 0 Å². The van der Waals surface area contributed by atoms with Crippen LogP contribution in [-0.4, -0.2) is 45.3 Å². The average molecular weight is 250 g/mol. The van der Waals surface area contributed by atoms with Gasteiger partial charge < -0.3 is 19.7 Å². The summed E-state index contributed by atoms with van der Waals surface area (Å²) in [5, 5.41) is 3.58. The first-order valence-electron chi connectivity index (χ1n) is 6.35. The Hall–Kier alpha value is -1.26. The molecule has 1 aromatic rings. The van der Waals surface area contributed by atoms with Crippen molar-refractivity contribution in [3.8, 4) is 11.5 Å². The third kappa shape index (κ3) is 3.37. The molecule has 0 radical (unpaired) electrons. The van der Waals surface area contributed by atoms with Crippen molar-refractivity contribution in [2.24, 2.45) is 0 Å². The zero-order valence-electron chi connectivity index (χ0n) is 11.4. The first kappa shape index (κ1) is 13.2. The van der Waals surface area contributed by atoms with Gasteiger partial charge in [-0.15, -0.1) is 0 Å². The smallest absolute Gasteiger partial charge is 0.122 e. The number of methoxy groups -OCH3 is 2. The summed E-state index contributed by atoms with van der Waals surface area (Å²) < 4.78 is 10.5. The molecule has 1 heterocycles. The summed E-state index contributed by atoms with van der Waals surface area (Å²) >= 11 is 0. The molecule has 2 rings (SSSR count). The Morgan fingerprint density at radius 1 is 1.22 bits per heavy atom. The number of rotatable bonds is 5. The van der Waals surface area contributed by atoms with Crippen LogP contribution in [0, 0.1) is 0 Å². The van der Waals surface area contributed by atoms with Gasteiger partial charge in [-0.05, 0) is 37.7 Å². The predicted octanol–water partition coefficient (Wildman–Crippen LogP) is 1.50. The summed E-state index contributed by atoms with van der Waals surface area (Å²) in [6, 6.07) is 6.59. The molecule has 0 amide bonds. The molecule has 1 fully saturated rings. The lowest BCUT2D eigenvalue weighted by Crippen LogP contribution is -2.30. The SMILES string of the molecule is COc1cc(CNC2CCN(C)C2)cc(OC)c1. The van der Waals surface area contributed by atoms with Crippen molar-refractivity contribution in [2.45, 2.75) is 19.0 Å². The van der Waals surface area contributed by atoms with Gasteiger partial charge in [0.05, 0.1) is 14.2 Å². The average Bonchev–Trinajstić information content (AvgIpc) is 2.81. The van der Waals surface area contributed by atoms with Crippen molar-refractivity contribution in [1.82, 2.24) is 10.2 Å². The maximum absolute atomic E-state index is 5.27. The van der Waals surface area contributed by atoms with Crippen LogP contribution in [0.1, 0.15) is 12.0 Å². The van der Waals surface area contributed by atoms with Gasteiger partial charge in [0.25, 0.3) is 0 Å². The van der Waals surface area contributed by atoms with E-state index in [1.807, 2.05) is 18.2 Å². The summed E-state index contributed by atoms with van der Waals surface area (Å²) in [5.74, 6) is 1.68. The molecule has 1 aliphatic rings. The number of benzene rings is 1. The Kier molecular flexibility index (Phi) is 4.44. The largest absolute Gasteiger partial charge is 0.497 e. The highest BCUT2D eigenvalue weighted by molar-refractivity contribution is 5.38. The van der Waals surface area contributed by atoms with Gasteiger partial charge in [0, 0.05) is 25.2 Å². The molecule has 0 bridgehead atoms. The van der Waals surface area contributed by atoms with Crippen LogP contribution in [0.3, 0.4) is 0 Å². The summed E-state index contributed by atoms with van der Waals surface area (Å²) in [7, 11) is 5.52. The molecule has 4 nitrogen and oxygen atoms in total. The molecule has 1 unspecified atom stereocenters. The van der Waals surface area contributed by atoms with Gasteiger partial charge in [0.1, 0.15) is 11.5 Å². The fourth-order valence-electron chi connectivity index (χ4n) is 2.33. The Labute approximate surface area is 109 Å². The first-order chi connectivity index (χ1) is 8.71. The van der Waals surface area contributed by atoms with E-state index in [9.17, 15) is 0 Å². The third-order valence-corrected chi connectivity index (χ3v) is 3.40. The number of nitrogens with zero attached hydrogens (tertiary/aromatic N) is 1. The van der Waals surface area contributed by atoms with Gasteiger partial charge in [-0.3, -0.25) is 0 Å². The maximum atomic E-state index is 5.27. The second-order valence-corrected chi connectivity index (χ2v) is 4.85. The monoisotopic (exact) mass is 250 g/mol. The molecule has 1 aromatic carbocycles. The van der Waals surface area contributed by atoms with Crippen molar-refractivity contribution >= 4 is 0 Å². The van der Waals surface area contributed by atoms with Crippen LogP contribution in [0.25, 0.3) is 0 Å². The fourth-order valence-corrected chi connectivity index (χ4v) is 2.33. The number of ether oxygens (including phenoxy) is 2. The van der Waals surface area contributed by atoms with Crippen LogP contribution in [0.5, 0.6) is 11.5 Å². The van der Waals surface area contributed by atoms with Crippen LogP contribution in [-0.2, 0) is 6.54 Å². The van der Waals surface area contributed by atoms with E-state index in [0.717, 1.165) is 24.6 Å². The second kappa shape index (κ2) is 6.07. The quantitative estimate of drug-likeness (QED) is 0.858. The lowest BCUT2D eigenvalue weighted by Gasteiger charge is -2.14. The number of likely N-dealkylation sites (tertiary alicyclic amines) is 1. The van der Waals surface area contributed by atoms with Crippen molar-refractivity contribution in [3.63, 3.8) is 0 Å². The Morgan fingerprint density at radius 2 is 1.89 bits per heavy atom. The number of likely N-dealkylation sites (N-methyl/N-ethyl adjacent to an activating group) is 1. The summed E-state index contributed by atoms with van der Waals surface area (Å²) in [6.07, 6.45) is 1.22. The van der Waals surface area contributed by atoms with Crippen LogP contribution in [0.2, 0.25) is 0 Å². The van der Waals surface area contributed by atoms with Gasteiger partial charge in [-0.25, -0.2) is 0 Å². The molecular formula is C14H22N2O2. The van der Waals surface area contributed by atoms with E-state index in [2.05, 4.69) is 17.3 Å². The van der Waals surface area contributed by atoms with Crippen LogP contribution in [0.15, 0.2) is 18.2 Å². The van der Waals surface area contributed by atoms with E-state index in [1.54, 1.807) is 14.2 Å². The minimum Gasteiger partial charge on any atom is -0.497 e. The van der Waals surface area contributed by atoms with Gasteiger partial charge in [-0.1, -0.05) is 0 Å². The summed E-state index contributed by atoms with van der Waals surface area (Å²) in [4.78, 5) is 2.35. The molecule has 100 valence electrons. The molecule has 4 heteroatoms. The highest BCUT2D eigenvalue weighted by Gasteiger charge is 2.18. The molecule has 0 aliphatic carbocycles. The molecule has 1 N–H and O–H groups in total. The molecule has 0 spiro atoms. The molecule has 1 atom stereocenters. The Morgan fingerprint density at radius 3 is 2.39 bits per heavy atom. The van der Waals surface area contributed by atoms with Gasteiger partial charge in [-0.2, -0.15) is 0 Å². The summed E-state index contributed by atoms with van der Waals surface area (Å²) in [5.41, 5.74) is 1.20. The Balaban J connectivity index is 1.95. The number of hydrogen-bond donors (Lipinski definition) is 1. The second-order valence-electron chi connectivity index (χ2n) is 4.85. The molecule has 1 saturated heterocycles. The van der Waals surface area contributed by atoms with E-state index in [0.29, 0.717) is 6.04 Å². The topological polar surface area (TPSA) is 33.7 Å². The standard InChI is InChI=1S/C14H22N2O2/c1-16-5-4-12(10-16)15-9-11-6-13(17-2)8-14(7-11)18-3/h6-8,12,15H,4-5,9-10H2,1-3H3. The highest BCUT2D eigenvalue weighted by atomic mass is 16.5. The lowest BCUT2D eigenvalue weighted by molar-refractivity contribution is 0.390. The van der Waals surface area contributed by atoms with Crippen LogP contribution in [0.4, 0.5) is 0 Å². The van der Waals surface area contributed by atoms with Crippen molar-refractivity contribution in [1.29, 1.82) is 0 Å². The summed E-state index contributed by atoms with van der Waals surface area (Å²) in [6.45, 7) is 3.16. The third-order valence-electron chi connectivity index (χ3n) is 3.40. The normalized spacial score (nSPS) is 20.1. The van der Waals surface area contributed by atoms with Crippen molar-refractivity contribution in [2.75, 3.05) is 34.4 Å². The van der Waals surface area contributed by atoms with Gasteiger partial charge >= 0.3 is 0 Å². The number of hydrogen-bond acceptors (Lipinski definition) is 4. The van der Waals surface area contributed by atoms with Gasteiger partial charge in [0.15, 0.2) is 0 Å². The van der Waals surface area contributed by atoms with Crippen LogP contribution < -0.4 is 14.8 Å². The van der Waals surface area contributed by atoms with E-state index in [4.69, 9.17) is 9.47 Å². The predicted molar refractivity (Wildman–Crippen MR) is 72.3 cm³/mol. The Bertz CT molecular complexity index is 373. The van der Waals surface area contributed by atoms with Crippen molar-refractivity contribution < 1.29 is 9.47 Å². The number of nitrogens with one attached hydrogen (secondary N) is 1. The minimum absolute atomic E-state index is 0.590. The molecule has 0 aromatic heterocycles. The fraction of sp³-hybridized carbons (Fsp3) is 0.571. The molecular weight excluding hydrogens is 228 g/mol.